The average Bonchev–Trinajstić information content (AvgIpc) is 2.41. The first-order valence-electron chi connectivity index (χ1n) is 5.48. The molecule has 0 aliphatic carbocycles. The number of fused-ring (bicyclic) bond motifs is 1. The maximum atomic E-state index is 11.8. The van der Waals surface area contributed by atoms with Crippen molar-refractivity contribution in [1.82, 2.24) is 0 Å². The standard InChI is InChI=1S/C12H14N2O4/c1-14-9-4-7(12(17)8(13)5-15)2-3-10(9)18-6-11(14)16/h2-4,8,15H,5-6,13H2,1H3. The molecule has 0 fully saturated rings. The van der Waals surface area contributed by atoms with E-state index < -0.39 is 12.6 Å². The number of carbonyl (C=O) groups is 2. The van der Waals surface area contributed by atoms with Gasteiger partial charge in [0.1, 0.15) is 5.75 Å². The number of aliphatic hydroxyl groups excluding tert-OH is 1. The Kier molecular flexibility index (Phi) is 3.31. The summed E-state index contributed by atoms with van der Waals surface area (Å²) < 4.78 is 5.24. The first-order chi connectivity index (χ1) is 8.54. The van der Waals surface area contributed by atoms with E-state index in [9.17, 15) is 9.59 Å². The molecule has 18 heavy (non-hydrogen) atoms. The summed E-state index contributed by atoms with van der Waals surface area (Å²) in [4.78, 5) is 24.7. The van der Waals surface area contributed by atoms with Gasteiger partial charge < -0.3 is 20.5 Å². The van der Waals surface area contributed by atoms with E-state index >= 15 is 0 Å². The molecule has 0 bridgehead atoms. The molecule has 1 aliphatic rings. The molecule has 0 saturated heterocycles. The van der Waals surface area contributed by atoms with E-state index in [0.29, 0.717) is 17.0 Å². The Hall–Kier alpha value is -1.92. The summed E-state index contributed by atoms with van der Waals surface area (Å²) in [7, 11) is 1.61. The lowest BCUT2D eigenvalue weighted by molar-refractivity contribution is -0.120. The Morgan fingerprint density at radius 2 is 2.33 bits per heavy atom. The van der Waals surface area contributed by atoms with E-state index in [-0.39, 0.29) is 18.3 Å². The molecule has 6 heteroatoms. The van der Waals surface area contributed by atoms with Crippen LogP contribution >= 0.6 is 0 Å². The van der Waals surface area contributed by atoms with Gasteiger partial charge in [0.05, 0.1) is 18.3 Å². The van der Waals surface area contributed by atoms with Gasteiger partial charge in [-0.25, -0.2) is 0 Å². The third kappa shape index (κ3) is 2.07. The number of likely N-dealkylation sites (N-methyl/N-ethyl adjacent to an activating group) is 1. The first kappa shape index (κ1) is 12.5. The molecule has 96 valence electrons. The highest BCUT2D eigenvalue weighted by Crippen LogP contribution is 2.32. The number of ether oxygens (including phenoxy) is 1. The van der Waals surface area contributed by atoms with Crippen molar-refractivity contribution in [3.05, 3.63) is 23.8 Å². The van der Waals surface area contributed by atoms with E-state index in [2.05, 4.69) is 0 Å². The van der Waals surface area contributed by atoms with Crippen LogP contribution in [0.5, 0.6) is 5.75 Å². The van der Waals surface area contributed by atoms with Crippen molar-refractivity contribution in [2.24, 2.45) is 5.73 Å². The van der Waals surface area contributed by atoms with Crippen molar-refractivity contribution < 1.29 is 19.4 Å². The fraction of sp³-hybridized carbons (Fsp3) is 0.333. The van der Waals surface area contributed by atoms with Gasteiger partial charge in [-0.05, 0) is 18.2 Å². The fourth-order valence-corrected chi connectivity index (χ4v) is 1.72. The third-order valence-electron chi connectivity index (χ3n) is 2.86. The molecule has 1 amide bonds. The van der Waals surface area contributed by atoms with Gasteiger partial charge in [-0.1, -0.05) is 0 Å². The van der Waals surface area contributed by atoms with Gasteiger partial charge in [-0.3, -0.25) is 9.59 Å². The molecule has 1 unspecified atom stereocenters. The SMILES string of the molecule is CN1C(=O)COc2ccc(C(=O)C(N)CO)cc21. The highest BCUT2D eigenvalue weighted by atomic mass is 16.5. The minimum absolute atomic E-state index is 0.00700. The quantitative estimate of drug-likeness (QED) is 0.708. The largest absolute Gasteiger partial charge is 0.482 e. The maximum absolute atomic E-state index is 11.8. The van der Waals surface area contributed by atoms with Crippen LogP contribution in [0, 0.1) is 0 Å². The van der Waals surface area contributed by atoms with E-state index in [1.54, 1.807) is 25.2 Å². The number of benzene rings is 1. The maximum Gasteiger partial charge on any atom is 0.264 e. The third-order valence-corrected chi connectivity index (χ3v) is 2.86. The minimum Gasteiger partial charge on any atom is -0.482 e. The lowest BCUT2D eigenvalue weighted by atomic mass is 10.0. The Morgan fingerprint density at radius 3 is 3.00 bits per heavy atom. The molecular weight excluding hydrogens is 236 g/mol. The van der Waals surface area contributed by atoms with Gasteiger partial charge in [0.25, 0.3) is 5.91 Å². The zero-order chi connectivity index (χ0) is 13.3. The molecule has 3 N–H and O–H groups in total. The van der Waals surface area contributed by atoms with Crippen LogP contribution in [0.25, 0.3) is 0 Å². The van der Waals surface area contributed by atoms with Crippen molar-refractivity contribution in [2.75, 3.05) is 25.2 Å². The number of hydrogen-bond acceptors (Lipinski definition) is 5. The number of ketones is 1. The molecule has 1 atom stereocenters. The summed E-state index contributed by atoms with van der Waals surface area (Å²) in [5.41, 5.74) is 6.35. The zero-order valence-electron chi connectivity index (χ0n) is 9.92. The van der Waals surface area contributed by atoms with Gasteiger partial charge in [-0.15, -0.1) is 0 Å². The van der Waals surface area contributed by atoms with Crippen LogP contribution < -0.4 is 15.4 Å². The zero-order valence-corrected chi connectivity index (χ0v) is 9.92. The number of rotatable bonds is 3. The number of Topliss-reactive ketones (excluding diaryl/α,β-unsaturated/α-hetero) is 1. The second-order valence-corrected chi connectivity index (χ2v) is 4.08. The Balaban J connectivity index is 2.37. The highest BCUT2D eigenvalue weighted by molar-refractivity contribution is 6.03. The second-order valence-electron chi connectivity index (χ2n) is 4.08. The molecule has 6 nitrogen and oxygen atoms in total. The van der Waals surface area contributed by atoms with Crippen LogP contribution in [0.2, 0.25) is 0 Å². The van der Waals surface area contributed by atoms with Gasteiger partial charge in [-0.2, -0.15) is 0 Å². The molecule has 2 rings (SSSR count). The number of carbonyl (C=O) groups excluding carboxylic acids is 2. The summed E-state index contributed by atoms with van der Waals surface area (Å²) in [5.74, 6) is -0.00324. The molecule has 0 radical (unpaired) electrons. The van der Waals surface area contributed by atoms with Crippen molar-refractivity contribution in [2.45, 2.75) is 6.04 Å². The van der Waals surface area contributed by atoms with Crippen LogP contribution in [-0.4, -0.2) is 43.1 Å². The Labute approximate surface area is 104 Å². The average molecular weight is 250 g/mol. The van der Waals surface area contributed by atoms with E-state index in [1.807, 2.05) is 0 Å². The van der Waals surface area contributed by atoms with Crippen LogP contribution in [-0.2, 0) is 4.79 Å². The number of aliphatic hydroxyl groups is 1. The van der Waals surface area contributed by atoms with E-state index in [0.717, 1.165) is 0 Å². The van der Waals surface area contributed by atoms with Crippen LogP contribution in [0.1, 0.15) is 10.4 Å². The number of anilines is 1. The van der Waals surface area contributed by atoms with Crippen molar-refractivity contribution in [1.29, 1.82) is 0 Å². The summed E-state index contributed by atoms with van der Waals surface area (Å²) in [6.07, 6.45) is 0. The van der Waals surface area contributed by atoms with E-state index in [4.69, 9.17) is 15.6 Å². The lowest BCUT2D eigenvalue weighted by Gasteiger charge is -2.26. The number of amides is 1. The number of nitrogens with two attached hydrogens (primary N) is 1. The number of nitrogens with zero attached hydrogens (tertiary/aromatic N) is 1. The summed E-state index contributed by atoms with van der Waals surface area (Å²) >= 11 is 0. The normalized spacial score (nSPS) is 15.9. The number of hydrogen-bond donors (Lipinski definition) is 2. The predicted octanol–water partition coefficient (Wildman–Crippen LogP) is -0.456. The second kappa shape index (κ2) is 4.75. The van der Waals surface area contributed by atoms with Gasteiger partial charge in [0.15, 0.2) is 12.4 Å². The molecule has 0 aromatic heterocycles. The fourth-order valence-electron chi connectivity index (χ4n) is 1.72. The topological polar surface area (TPSA) is 92.9 Å². The molecule has 1 aromatic rings. The molecule has 1 aromatic carbocycles. The summed E-state index contributed by atoms with van der Waals surface area (Å²) in [6, 6.07) is 3.79. The molecule has 0 spiro atoms. The summed E-state index contributed by atoms with van der Waals surface area (Å²) in [6.45, 7) is -0.422. The highest BCUT2D eigenvalue weighted by Gasteiger charge is 2.24. The molecule has 1 heterocycles. The van der Waals surface area contributed by atoms with Crippen LogP contribution in [0.4, 0.5) is 5.69 Å². The predicted molar refractivity (Wildman–Crippen MR) is 64.7 cm³/mol. The van der Waals surface area contributed by atoms with Crippen molar-refractivity contribution >= 4 is 17.4 Å². The van der Waals surface area contributed by atoms with Crippen molar-refractivity contribution in [3.63, 3.8) is 0 Å². The first-order valence-corrected chi connectivity index (χ1v) is 5.48. The Bertz CT molecular complexity index is 501. The van der Waals surface area contributed by atoms with Crippen LogP contribution in [0.15, 0.2) is 18.2 Å². The Morgan fingerprint density at radius 1 is 1.61 bits per heavy atom. The van der Waals surface area contributed by atoms with Gasteiger partial charge in [0, 0.05) is 12.6 Å². The smallest absolute Gasteiger partial charge is 0.264 e. The van der Waals surface area contributed by atoms with Crippen molar-refractivity contribution in [3.8, 4) is 5.75 Å². The molecule has 1 aliphatic heterocycles. The van der Waals surface area contributed by atoms with Gasteiger partial charge >= 0.3 is 0 Å². The van der Waals surface area contributed by atoms with E-state index in [1.165, 1.54) is 4.90 Å². The lowest BCUT2D eigenvalue weighted by Crippen LogP contribution is -2.36. The monoisotopic (exact) mass is 250 g/mol. The molecule has 0 saturated carbocycles. The molecular formula is C12H14N2O4. The van der Waals surface area contributed by atoms with Crippen LogP contribution in [0.3, 0.4) is 0 Å². The minimum atomic E-state index is -0.950. The summed E-state index contributed by atoms with van der Waals surface area (Å²) in [5, 5.41) is 8.86. The van der Waals surface area contributed by atoms with Gasteiger partial charge in [0.2, 0.25) is 0 Å².